The number of benzene rings is 3. The second-order valence-corrected chi connectivity index (χ2v) is 6.36. The molecule has 1 atom stereocenters. The van der Waals surface area contributed by atoms with E-state index >= 15 is 0 Å². The molecule has 4 rings (SSSR count). The summed E-state index contributed by atoms with van der Waals surface area (Å²) >= 11 is 0. The highest BCUT2D eigenvalue weighted by Crippen LogP contribution is 2.34. The number of carbonyl (C=O) groups excluding carboxylic acids is 1. The van der Waals surface area contributed by atoms with Crippen LogP contribution in [0.1, 0.15) is 22.3 Å². The average molecular weight is 332 g/mol. The number of ketones is 1. The van der Waals surface area contributed by atoms with E-state index in [4.69, 9.17) is 9.47 Å². The van der Waals surface area contributed by atoms with Gasteiger partial charge >= 0.3 is 0 Å². The van der Waals surface area contributed by atoms with Crippen LogP contribution in [-0.2, 0) is 11.3 Å². The van der Waals surface area contributed by atoms with Gasteiger partial charge in [-0.2, -0.15) is 0 Å². The van der Waals surface area contributed by atoms with Crippen LogP contribution in [0.15, 0.2) is 66.7 Å². The Balaban J connectivity index is 1.43. The molecule has 25 heavy (non-hydrogen) atoms. The van der Waals surface area contributed by atoms with Gasteiger partial charge in [0, 0.05) is 6.61 Å². The van der Waals surface area contributed by atoms with Crippen molar-refractivity contribution in [1.29, 1.82) is 0 Å². The molecule has 0 aromatic heterocycles. The summed E-state index contributed by atoms with van der Waals surface area (Å²) in [6.07, 6.45) is 0.675. The second-order valence-electron chi connectivity index (χ2n) is 6.36. The predicted octanol–water partition coefficient (Wildman–Crippen LogP) is 4.64. The van der Waals surface area contributed by atoms with Gasteiger partial charge in [0.25, 0.3) is 0 Å². The SMILES string of the molecule is O=C1c2c(ccc3ccccc23)OCC1CCOCc1ccccc1. The average Bonchev–Trinajstić information content (AvgIpc) is 2.67. The molecule has 0 spiro atoms. The van der Waals surface area contributed by atoms with E-state index in [1.165, 1.54) is 0 Å². The number of hydrogen-bond donors (Lipinski definition) is 0. The van der Waals surface area contributed by atoms with Gasteiger partial charge in [0.1, 0.15) is 5.75 Å². The van der Waals surface area contributed by atoms with Crippen molar-refractivity contribution >= 4 is 16.6 Å². The molecular formula is C22H20O3. The Bertz CT molecular complexity index is 886. The fourth-order valence-corrected chi connectivity index (χ4v) is 3.30. The molecule has 0 radical (unpaired) electrons. The molecular weight excluding hydrogens is 312 g/mol. The first-order chi connectivity index (χ1) is 12.3. The summed E-state index contributed by atoms with van der Waals surface area (Å²) in [5.41, 5.74) is 1.86. The lowest BCUT2D eigenvalue weighted by molar-refractivity contribution is 0.0695. The molecule has 1 unspecified atom stereocenters. The van der Waals surface area contributed by atoms with Crippen LogP contribution in [0.3, 0.4) is 0 Å². The van der Waals surface area contributed by atoms with E-state index in [2.05, 4.69) is 0 Å². The van der Waals surface area contributed by atoms with Crippen LogP contribution in [-0.4, -0.2) is 19.0 Å². The monoisotopic (exact) mass is 332 g/mol. The van der Waals surface area contributed by atoms with Gasteiger partial charge < -0.3 is 9.47 Å². The zero-order chi connectivity index (χ0) is 17.1. The van der Waals surface area contributed by atoms with Gasteiger partial charge in [-0.3, -0.25) is 4.79 Å². The molecule has 3 aromatic carbocycles. The van der Waals surface area contributed by atoms with E-state index in [0.717, 1.165) is 21.9 Å². The summed E-state index contributed by atoms with van der Waals surface area (Å²) < 4.78 is 11.6. The molecule has 0 saturated carbocycles. The maximum absolute atomic E-state index is 13.0. The Morgan fingerprint density at radius 2 is 1.76 bits per heavy atom. The number of hydrogen-bond acceptors (Lipinski definition) is 3. The molecule has 0 aliphatic carbocycles. The third-order valence-electron chi connectivity index (χ3n) is 4.67. The van der Waals surface area contributed by atoms with Crippen LogP contribution >= 0.6 is 0 Å². The summed E-state index contributed by atoms with van der Waals surface area (Å²) in [6.45, 7) is 1.55. The fourth-order valence-electron chi connectivity index (χ4n) is 3.30. The molecule has 0 bridgehead atoms. The van der Waals surface area contributed by atoms with E-state index in [0.29, 0.717) is 32.0 Å². The molecule has 0 amide bonds. The molecule has 126 valence electrons. The number of rotatable bonds is 5. The van der Waals surface area contributed by atoms with Crippen molar-refractivity contribution in [3.05, 3.63) is 77.9 Å². The summed E-state index contributed by atoms with van der Waals surface area (Å²) in [6, 6.07) is 21.9. The Kier molecular flexibility index (Phi) is 4.49. The normalized spacial score (nSPS) is 16.5. The third kappa shape index (κ3) is 3.28. The number of Topliss-reactive ketones (excluding diaryl/α,β-unsaturated/α-hetero) is 1. The number of carbonyl (C=O) groups is 1. The highest BCUT2D eigenvalue weighted by atomic mass is 16.5. The Hall–Kier alpha value is -2.65. The van der Waals surface area contributed by atoms with Crippen molar-refractivity contribution in [2.24, 2.45) is 5.92 Å². The standard InChI is InChI=1S/C22H20O3/c23-22-18(12-13-24-14-16-6-2-1-3-7-16)15-25-20-11-10-17-8-4-5-9-19(17)21(20)22/h1-11,18H,12-15H2. The molecule has 0 N–H and O–H groups in total. The lowest BCUT2D eigenvalue weighted by Gasteiger charge is -2.25. The zero-order valence-corrected chi connectivity index (χ0v) is 14.0. The van der Waals surface area contributed by atoms with E-state index in [1.54, 1.807) is 0 Å². The summed E-state index contributed by atoms with van der Waals surface area (Å²) in [4.78, 5) is 13.0. The Morgan fingerprint density at radius 1 is 0.960 bits per heavy atom. The van der Waals surface area contributed by atoms with Gasteiger partial charge in [-0.1, -0.05) is 60.7 Å². The first-order valence-corrected chi connectivity index (χ1v) is 8.63. The van der Waals surface area contributed by atoms with Crippen LogP contribution in [0, 0.1) is 5.92 Å². The smallest absolute Gasteiger partial charge is 0.173 e. The van der Waals surface area contributed by atoms with Crippen LogP contribution in [0.4, 0.5) is 0 Å². The largest absolute Gasteiger partial charge is 0.492 e. The summed E-state index contributed by atoms with van der Waals surface area (Å²) in [7, 11) is 0. The maximum Gasteiger partial charge on any atom is 0.173 e. The second kappa shape index (κ2) is 7.08. The molecule has 3 nitrogen and oxygen atoms in total. The van der Waals surface area contributed by atoms with Gasteiger partial charge in [-0.15, -0.1) is 0 Å². The highest BCUT2D eigenvalue weighted by Gasteiger charge is 2.30. The minimum Gasteiger partial charge on any atom is -0.492 e. The summed E-state index contributed by atoms with van der Waals surface area (Å²) in [5.74, 6) is 0.723. The van der Waals surface area contributed by atoms with E-state index < -0.39 is 0 Å². The first-order valence-electron chi connectivity index (χ1n) is 8.63. The van der Waals surface area contributed by atoms with Gasteiger partial charge in [0.05, 0.1) is 24.7 Å². The lowest BCUT2D eigenvalue weighted by atomic mass is 9.89. The van der Waals surface area contributed by atoms with Crippen LogP contribution in [0.2, 0.25) is 0 Å². The van der Waals surface area contributed by atoms with Gasteiger partial charge in [0.15, 0.2) is 5.78 Å². The Morgan fingerprint density at radius 3 is 2.64 bits per heavy atom. The van der Waals surface area contributed by atoms with Crippen LogP contribution in [0.25, 0.3) is 10.8 Å². The minimum absolute atomic E-state index is 0.144. The van der Waals surface area contributed by atoms with E-state index in [-0.39, 0.29) is 11.7 Å². The predicted molar refractivity (Wildman–Crippen MR) is 98.0 cm³/mol. The van der Waals surface area contributed by atoms with Crippen molar-refractivity contribution in [2.45, 2.75) is 13.0 Å². The number of ether oxygens (including phenoxy) is 2. The van der Waals surface area contributed by atoms with Crippen molar-refractivity contribution < 1.29 is 14.3 Å². The van der Waals surface area contributed by atoms with Crippen LogP contribution in [0.5, 0.6) is 5.75 Å². The quantitative estimate of drug-likeness (QED) is 0.639. The van der Waals surface area contributed by atoms with Crippen molar-refractivity contribution in [2.75, 3.05) is 13.2 Å². The topological polar surface area (TPSA) is 35.5 Å². The minimum atomic E-state index is -0.144. The van der Waals surface area contributed by atoms with Crippen molar-refractivity contribution in [3.8, 4) is 5.75 Å². The Labute approximate surface area is 147 Å². The number of fused-ring (bicyclic) bond motifs is 3. The van der Waals surface area contributed by atoms with E-state index in [9.17, 15) is 4.79 Å². The first kappa shape index (κ1) is 15.9. The molecule has 0 fully saturated rings. The third-order valence-corrected chi connectivity index (χ3v) is 4.67. The van der Waals surface area contributed by atoms with Crippen molar-refractivity contribution in [3.63, 3.8) is 0 Å². The fraction of sp³-hybridized carbons (Fsp3) is 0.227. The van der Waals surface area contributed by atoms with Crippen LogP contribution < -0.4 is 4.74 Å². The summed E-state index contributed by atoms with van der Waals surface area (Å²) in [5, 5.41) is 2.04. The lowest BCUT2D eigenvalue weighted by Crippen LogP contribution is -2.29. The highest BCUT2D eigenvalue weighted by molar-refractivity contribution is 6.12. The molecule has 0 saturated heterocycles. The van der Waals surface area contributed by atoms with Gasteiger partial charge in [0.2, 0.25) is 0 Å². The molecule has 1 heterocycles. The van der Waals surface area contributed by atoms with Crippen molar-refractivity contribution in [1.82, 2.24) is 0 Å². The molecule has 1 aliphatic heterocycles. The van der Waals surface area contributed by atoms with E-state index in [1.807, 2.05) is 66.7 Å². The van der Waals surface area contributed by atoms with Gasteiger partial charge in [-0.25, -0.2) is 0 Å². The maximum atomic E-state index is 13.0. The molecule has 3 heteroatoms. The molecule has 3 aromatic rings. The van der Waals surface area contributed by atoms with Gasteiger partial charge in [-0.05, 0) is 28.8 Å². The zero-order valence-electron chi connectivity index (χ0n) is 14.0. The molecule has 1 aliphatic rings.